The second-order valence-electron chi connectivity index (χ2n) is 4.00. The molecule has 17 heavy (non-hydrogen) atoms. The minimum Gasteiger partial charge on any atom is -0.379 e. The van der Waals surface area contributed by atoms with Crippen molar-refractivity contribution in [2.45, 2.75) is 27.2 Å². The first kappa shape index (κ1) is 16.8. The molecule has 0 atom stereocenters. The van der Waals surface area contributed by atoms with Crippen molar-refractivity contribution >= 4 is 0 Å². The standard InChI is InChI=1S/C13H30N2O2/c1-4-10-16-12-13-17-11-8-14-7-9-15(5-2)6-3/h14H,4-13H2,1-3H3. The maximum absolute atomic E-state index is 5.44. The van der Waals surface area contributed by atoms with E-state index in [1.165, 1.54) is 0 Å². The third-order valence-corrected chi connectivity index (χ3v) is 2.64. The van der Waals surface area contributed by atoms with Crippen LogP contribution in [0.25, 0.3) is 0 Å². The fraction of sp³-hybridized carbons (Fsp3) is 1.00. The quantitative estimate of drug-likeness (QED) is 0.498. The second kappa shape index (κ2) is 13.9. The van der Waals surface area contributed by atoms with Gasteiger partial charge in [0, 0.05) is 26.2 Å². The molecule has 0 aliphatic carbocycles. The molecule has 0 saturated carbocycles. The molecule has 0 unspecified atom stereocenters. The van der Waals surface area contributed by atoms with Crippen LogP contribution in [0.5, 0.6) is 0 Å². The van der Waals surface area contributed by atoms with E-state index in [4.69, 9.17) is 9.47 Å². The number of nitrogens with one attached hydrogen (secondary N) is 1. The first-order chi connectivity index (χ1) is 8.35. The maximum Gasteiger partial charge on any atom is 0.0701 e. The number of ether oxygens (including phenoxy) is 2. The summed E-state index contributed by atoms with van der Waals surface area (Å²) < 4.78 is 10.8. The van der Waals surface area contributed by atoms with Gasteiger partial charge in [0.1, 0.15) is 0 Å². The van der Waals surface area contributed by atoms with Gasteiger partial charge in [0.25, 0.3) is 0 Å². The average Bonchev–Trinajstić information content (AvgIpc) is 2.36. The summed E-state index contributed by atoms with van der Waals surface area (Å²) in [5.41, 5.74) is 0. The van der Waals surface area contributed by atoms with Gasteiger partial charge >= 0.3 is 0 Å². The third-order valence-electron chi connectivity index (χ3n) is 2.64. The monoisotopic (exact) mass is 246 g/mol. The third kappa shape index (κ3) is 12.1. The van der Waals surface area contributed by atoms with Crippen LogP contribution >= 0.6 is 0 Å². The molecule has 0 saturated heterocycles. The second-order valence-corrected chi connectivity index (χ2v) is 4.00. The van der Waals surface area contributed by atoms with Crippen molar-refractivity contribution in [2.24, 2.45) is 0 Å². The fourth-order valence-corrected chi connectivity index (χ4v) is 1.51. The molecule has 0 bridgehead atoms. The van der Waals surface area contributed by atoms with Crippen molar-refractivity contribution in [1.29, 1.82) is 0 Å². The molecule has 0 spiro atoms. The van der Waals surface area contributed by atoms with E-state index < -0.39 is 0 Å². The predicted octanol–water partition coefficient (Wildman–Crippen LogP) is 1.36. The summed E-state index contributed by atoms with van der Waals surface area (Å²) in [5, 5.41) is 3.38. The summed E-state index contributed by atoms with van der Waals surface area (Å²) in [5.74, 6) is 0. The predicted molar refractivity (Wildman–Crippen MR) is 72.6 cm³/mol. The van der Waals surface area contributed by atoms with Gasteiger partial charge in [-0.15, -0.1) is 0 Å². The molecule has 4 nitrogen and oxygen atoms in total. The first-order valence-corrected chi connectivity index (χ1v) is 6.93. The summed E-state index contributed by atoms with van der Waals surface area (Å²) in [6.45, 7) is 14.9. The van der Waals surface area contributed by atoms with Crippen LogP contribution in [-0.2, 0) is 9.47 Å². The number of nitrogens with zero attached hydrogens (tertiary/aromatic N) is 1. The zero-order valence-corrected chi connectivity index (χ0v) is 11.8. The first-order valence-electron chi connectivity index (χ1n) is 6.93. The smallest absolute Gasteiger partial charge is 0.0701 e. The Hall–Kier alpha value is -0.160. The van der Waals surface area contributed by atoms with Gasteiger partial charge in [-0.1, -0.05) is 20.8 Å². The lowest BCUT2D eigenvalue weighted by Gasteiger charge is -2.17. The molecule has 0 heterocycles. The highest BCUT2D eigenvalue weighted by molar-refractivity contribution is 4.55. The SMILES string of the molecule is CCCOCCOCCNCCN(CC)CC. The van der Waals surface area contributed by atoms with E-state index in [0.717, 1.165) is 52.4 Å². The van der Waals surface area contributed by atoms with E-state index in [1.54, 1.807) is 0 Å². The Bertz CT molecular complexity index is 141. The topological polar surface area (TPSA) is 33.7 Å². The average molecular weight is 246 g/mol. The molecule has 0 aliphatic rings. The molecule has 1 N–H and O–H groups in total. The molecule has 0 radical (unpaired) electrons. The lowest BCUT2D eigenvalue weighted by atomic mass is 10.4. The van der Waals surface area contributed by atoms with Gasteiger partial charge in [0.2, 0.25) is 0 Å². The highest BCUT2D eigenvalue weighted by Crippen LogP contribution is 1.84. The molecule has 0 rings (SSSR count). The van der Waals surface area contributed by atoms with Crippen LogP contribution in [0, 0.1) is 0 Å². The Morgan fingerprint density at radius 2 is 1.47 bits per heavy atom. The van der Waals surface area contributed by atoms with Gasteiger partial charge < -0.3 is 19.7 Å². The van der Waals surface area contributed by atoms with Crippen molar-refractivity contribution in [2.75, 3.05) is 59.2 Å². The van der Waals surface area contributed by atoms with Crippen molar-refractivity contribution < 1.29 is 9.47 Å². The van der Waals surface area contributed by atoms with Gasteiger partial charge in [-0.3, -0.25) is 0 Å². The van der Waals surface area contributed by atoms with Crippen LogP contribution in [0.2, 0.25) is 0 Å². The Balaban J connectivity index is 3.03. The van der Waals surface area contributed by atoms with E-state index in [-0.39, 0.29) is 0 Å². The number of hydrogen-bond acceptors (Lipinski definition) is 4. The zero-order valence-electron chi connectivity index (χ0n) is 11.8. The van der Waals surface area contributed by atoms with Crippen molar-refractivity contribution in [3.05, 3.63) is 0 Å². The van der Waals surface area contributed by atoms with Gasteiger partial charge in [-0.05, 0) is 19.5 Å². The van der Waals surface area contributed by atoms with Gasteiger partial charge in [0.05, 0.1) is 19.8 Å². The van der Waals surface area contributed by atoms with E-state index >= 15 is 0 Å². The van der Waals surface area contributed by atoms with Crippen LogP contribution in [0.4, 0.5) is 0 Å². The summed E-state index contributed by atoms with van der Waals surface area (Å²) in [7, 11) is 0. The summed E-state index contributed by atoms with van der Waals surface area (Å²) in [6.07, 6.45) is 1.08. The minimum absolute atomic E-state index is 0.706. The largest absolute Gasteiger partial charge is 0.379 e. The Morgan fingerprint density at radius 3 is 2.06 bits per heavy atom. The molecule has 0 aliphatic heterocycles. The normalized spacial score (nSPS) is 11.3. The molecule has 0 aromatic rings. The molecular formula is C13H30N2O2. The summed E-state index contributed by atoms with van der Waals surface area (Å²) >= 11 is 0. The van der Waals surface area contributed by atoms with E-state index in [2.05, 4.69) is 31.0 Å². The lowest BCUT2D eigenvalue weighted by molar-refractivity contribution is 0.0490. The number of hydrogen-bond donors (Lipinski definition) is 1. The Labute approximate surface area is 107 Å². The molecule has 104 valence electrons. The fourth-order valence-electron chi connectivity index (χ4n) is 1.51. The van der Waals surface area contributed by atoms with E-state index in [1.807, 2.05) is 0 Å². The number of likely N-dealkylation sites (N-methyl/N-ethyl adjacent to an activating group) is 1. The lowest BCUT2D eigenvalue weighted by Crippen LogP contribution is -2.33. The van der Waals surface area contributed by atoms with Crippen molar-refractivity contribution in [1.82, 2.24) is 10.2 Å². The summed E-state index contributed by atoms with van der Waals surface area (Å²) in [4.78, 5) is 2.41. The van der Waals surface area contributed by atoms with E-state index in [9.17, 15) is 0 Å². The summed E-state index contributed by atoms with van der Waals surface area (Å²) in [6, 6.07) is 0. The zero-order chi connectivity index (χ0) is 12.8. The van der Waals surface area contributed by atoms with Crippen molar-refractivity contribution in [3.63, 3.8) is 0 Å². The molecular weight excluding hydrogens is 216 g/mol. The van der Waals surface area contributed by atoms with Crippen LogP contribution in [0.15, 0.2) is 0 Å². The molecule has 0 aromatic heterocycles. The Kier molecular flexibility index (Phi) is 13.8. The maximum atomic E-state index is 5.44. The molecule has 0 amide bonds. The minimum atomic E-state index is 0.706. The van der Waals surface area contributed by atoms with Crippen molar-refractivity contribution in [3.8, 4) is 0 Å². The Morgan fingerprint density at radius 1 is 0.824 bits per heavy atom. The van der Waals surface area contributed by atoms with Crippen LogP contribution < -0.4 is 5.32 Å². The van der Waals surface area contributed by atoms with Crippen LogP contribution in [-0.4, -0.2) is 64.1 Å². The number of rotatable bonds is 13. The van der Waals surface area contributed by atoms with E-state index in [0.29, 0.717) is 13.2 Å². The molecule has 4 heteroatoms. The van der Waals surface area contributed by atoms with Gasteiger partial charge in [-0.2, -0.15) is 0 Å². The van der Waals surface area contributed by atoms with Gasteiger partial charge in [-0.25, -0.2) is 0 Å². The highest BCUT2D eigenvalue weighted by Gasteiger charge is 1.97. The van der Waals surface area contributed by atoms with Crippen LogP contribution in [0.1, 0.15) is 27.2 Å². The van der Waals surface area contributed by atoms with Gasteiger partial charge in [0.15, 0.2) is 0 Å². The van der Waals surface area contributed by atoms with Crippen LogP contribution in [0.3, 0.4) is 0 Å². The molecule has 0 aromatic carbocycles. The molecule has 0 fully saturated rings. The highest BCUT2D eigenvalue weighted by atomic mass is 16.5.